The molecule has 0 spiro atoms. The van der Waals surface area contributed by atoms with Gasteiger partial charge in [0.15, 0.2) is 0 Å². The minimum Gasteiger partial charge on any atom is -0.372 e. The summed E-state index contributed by atoms with van der Waals surface area (Å²) in [7, 11) is 0. The highest BCUT2D eigenvalue weighted by Crippen LogP contribution is 2.20. The maximum Gasteiger partial charge on any atom is 0.242 e. The molecule has 3 nitrogen and oxygen atoms in total. The van der Waals surface area contributed by atoms with Crippen LogP contribution in [0, 0.1) is 5.82 Å². The van der Waals surface area contributed by atoms with Crippen molar-refractivity contribution in [2.75, 3.05) is 5.32 Å². The van der Waals surface area contributed by atoms with Gasteiger partial charge in [-0.25, -0.2) is 4.39 Å². The first-order valence-corrected chi connectivity index (χ1v) is 6.96. The van der Waals surface area contributed by atoms with Gasteiger partial charge in [-0.1, -0.05) is 24.4 Å². The Hall–Kier alpha value is -1.29. The van der Waals surface area contributed by atoms with Crippen molar-refractivity contribution in [1.29, 1.82) is 0 Å². The van der Waals surface area contributed by atoms with Crippen LogP contribution in [0.15, 0.2) is 18.2 Å². The smallest absolute Gasteiger partial charge is 0.242 e. The van der Waals surface area contributed by atoms with Crippen LogP contribution in [0.3, 0.4) is 0 Å². The van der Waals surface area contributed by atoms with Gasteiger partial charge in [0.2, 0.25) is 5.91 Å². The number of benzene rings is 1. The first-order valence-electron chi connectivity index (χ1n) is 6.58. The van der Waals surface area contributed by atoms with Crippen molar-refractivity contribution < 1.29 is 9.18 Å². The van der Waals surface area contributed by atoms with Crippen molar-refractivity contribution in [3.05, 3.63) is 29.0 Å². The Morgan fingerprint density at radius 1 is 1.42 bits per heavy atom. The van der Waals surface area contributed by atoms with Crippen molar-refractivity contribution in [3.63, 3.8) is 0 Å². The van der Waals surface area contributed by atoms with Gasteiger partial charge in [-0.15, -0.1) is 0 Å². The summed E-state index contributed by atoms with van der Waals surface area (Å²) in [4.78, 5) is 12.0. The van der Waals surface area contributed by atoms with E-state index < -0.39 is 11.9 Å². The second-order valence-corrected chi connectivity index (χ2v) is 5.42. The topological polar surface area (TPSA) is 41.1 Å². The molecule has 0 heterocycles. The lowest BCUT2D eigenvalue weighted by atomic mass is 10.2. The Bertz CT molecular complexity index is 461. The molecule has 1 aromatic carbocycles. The average Bonchev–Trinajstić information content (AvgIpc) is 2.85. The second kappa shape index (κ2) is 6.24. The van der Waals surface area contributed by atoms with Gasteiger partial charge in [0, 0.05) is 11.1 Å². The number of carbonyl (C=O) groups excluding carboxylic acids is 1. The molecule has 2 N–H and O–H groups in total. The van der Waals surface area contributed by atoms with Crippen LogP contribution < -0.4 is 10.6 Å². The van der Waals surface area contributed by atoms with Crippen molar-refractivity contribution in [3.8, 4) is 0 Å². The minimum atomic E-state index is -0.476. The Morgan fingerprint density at radius 3 is 2.74 bits per heavy atom. The molecule has 0 saturated heterocycles. The molecule has 5 heteroatoms. The monoisotopic (exact) mass is 284 g/mol. The fourth-order valence-electron chi connectivity index (χ4n) is 2.30. The maximum atomic E-state index is 13.6. The van der Waals surface area contributed by atoms with Crippen LogP contribution in [0.1, 0.15) is 32.6 Å². The largest absolute Gasteiger partial charge is 0.372 e. The summed E-state index contributed by atoms with van der Waals surface area (Å²) in [5, 5.41) is 6.18. The number of nitrogens with one attached hydrogen (secondary N) is 2. The number of hydrogen-bond acceptors (Lipinski definition) is 2. The van der Waals surface area contributed by atoms with Crippen molar-refractivity contribution in [1.82, 2.24) is 5.32 Å². The van der Waals surface area contributed by atoms with Crippen LogP contribution in [0.4, 0.5) is 10.1 Å². The van der Waals surface area contributed by atoms with Crippen molar-refractivity contribution >= 4 is 23.2 Å². The van der Waals surface area contributed by atoms with Gasteiger partial charge >= 0.3 is 0 Å². The number of amides is 1. The zero-order valence-corrected chi connectivity index (χ0v) is 11.6. The summed E-state index contributed by atoms with van der Waals surface area (Å²) in [6, 6.07) is 4.15. The number of halogens is 2. The zero-order chi connectivity index (χ0) is 13.8. The van der Waals surface area contributed by atoms with Gasteiger partial charge in [-0.2, -0.15) is 0 Å². The van der Waals surface area contributed by atoms with Gasteiger partial charge in [-0.3, -0.25) is 4.79 Å². The van der Waals surface area contributed by atoms with E-state index in [1.807, 2.05) is 0 Å². The normalized spacial score (nSPS) is 17.2. The Morgan fingerprint density at radius 2 is 2.11 bits per heavy atom. The van der Waals surface area contributed by atoms with Gasteiger partial charge < -0.3 is 10.6 Å². The van der Waals surface area contributed by atoms with E-state index in [4.69, 9.17) is 11.6 Å². The third kappa shape index (κ3) is 3.83. The quantitative estimate of drug-likeness (QED) is 0.890. The summed E-state index contributed by atoms with van der Waals surface area (Å²) in [5.74, 6) is -0.547. The van der Waals surface area contributed by atoms with E-state index in [2.05, 4.69) is 10.6 Å². The van der Waals surface area contributed by atoms with Crippen molar-refractivity contribution in [2.24, 2.45) is 0 Å². The number of anilines is 1. The second-order valence-electron chi connectivity index (χ2n) is 4.98. The summed E-state index contributed by atoms with van der Waals surface area (Å²) in [6.07, 6.45) is 4.40. The molecule has 2 rings (SSSR count). The van der Waals surface area contributed by atoms with Crippen LogP contribution in [0.5, 0.6) is 0 Å². The molecule has 0 bridgehead atoms. The lowest BCUT2D eigenvalue weighted by molar-refractivity contribution is -0.122. The lowest BCUT2D eigenvalue weighted by Crippen LogP contribution is -2.42. The highest BCUT2D eigenvalue weighted by molar-refractivity contribution is 6.30. The molecule has 0 radical (unpaired) electrons. The van der Waals surface area contributed by atoms with E-state index in [1.54, 1.807) is 13.0 Å². The highest BCUT2D eigenvalue weighted by Gasteiger charge is 2.21. The molecular formula is C14H18ClFN2O. The van der Waals surface area contributed by atoms with Crippen LogP contribution in [0.25, 0.3) is 0 Å². The molecule has 1 aromatic rings. The maximum absolute atomic E-state index is 13.6. The van der Waals surface area contributed by atoms with E-state index in [9.17, 15) is 9.18 Å². The third-order valence-electron chi connectivity index (χ3n) is 3.40. The fourth-order valence-corrected chi connectivity index (χ4v) is 2.46. The molecule has 1 saturated carbocycles. The molecule has 19 heavy (non-hydrogen) atoms. The van der Waals surface area contributed by atoms with Gasteiger partial charge in [0.05, 0.1) is 5.69 Å². The number of carbonyl (C=O) groups is 1. The van der Waals surface area contributed by atoms with E-state index in [1.165, 1.54) is 25.0 Å². The average molecular weight is 285 g/mol. The summed E-state index contributed by atoms with van der Waals surface area (Å²) >= 11 is 5.68. The Balaban J connectivity index is 1.92. The summed E-state index contributed by atoms with van der Waals surface area (Å²) < 4.78 is 13.6. The molecular weight excluding hydrogens is 267 g/mol. The fraction of sp³-hybridized carbons (Fsp3) is 0.500. The third-order valence-corrected chi connectivity index (χ3v) is 3.63. The molecule has 0 aromatic heterocycles. The Labute approximate surface area is 117 Å². The first-order chi connectivity index (χ1) is 9.06. The first kappa shape index (κ1) is 14.1. The lowest BCUT2D eigenvalue weighted by Gasteiger charge is -2.19. The SMILES string of the molecule is CC(Nc1ccc(Cl)cc1F)C(=O)NC1CCCC1. The minimum absolute atomic E-state index is 0.0961. The molecule has 1 atom stereocenters. The molecule has 1 aliphatic rings. The molecule has 1 aliphatic carbocycles. The van der Waals surface area contributed by atoms with Gasteiger partial charge in [0.1, 0.15) is 11.9 Å². The van der Waals surface area contributed by atoms with Gasteiger partial charge in [0.25, 0.3) is 0 Å². The van der Waals surface area contributed by atoms with Gasteiger partial charge in [-0.05, 0) is 38.0 Å². The van der Waals surface area contributed by atoms with Crippen LogP contribution in [-0.4, -0.2) is 18.0 Å². The molecule has 1 unspecified atom stereocenters. The number of rotatable bonds is 4. The van der Waals surface area contributed by atoms with E-state index >= 15 is 0 Å². The highest BCUT2D eigenvalue weighted by atomic mass is 35.5. The molecule has 0 aliphatic heterocycles. The van der Waals surface area contributed by atoms with E-state index in [0.717, 1.165) is 12.8 Å². The summed E-state index contributed by atoms with van der Waals surface area (Å²) in [5.41, 5.74) is 0.290. The predicted octanol–water partition coefficient (Wildman–Crippen LogP) is 3.34. The van der Waals surface area contributed by atoms with Crippen LogP contribution >= 0.6 is 11.6 Å². The van der Waals surface area contributed by atoms with Crippen molar-refractivity contribution in [2.45, 2.75) is 44.7 Å². The standard InChI is InChI=1S/C14H18ClFN2O/c1-9(14(19)18-11-4-2-3-5-11)17-13-7-6-10(15)8-12(13)16/h6-9,11,17H,2-5H2,1H3,(H,18,19). The summed E-state index contributed by atoms with van der Waals surface area (Å²) in [6.45, 7) is 1.72. The molecule has 1 amide bonds. The van der Waals surface area contributed by atoms with Crippen LogP contribution in [0.2, 0.25) is 5.02 Å². The van der Waals surface area contributed by atoms with E-state index in [0.29, 0.717) is 10.7 Å². The predicted molar refractivity (Wildman–Crippen MR) is 74.9 cm³/mol. The Kier molecular flexibility index (Phi) is 4.64. The molecule has 104 valence electrons. The molecule has 1 fully saturated rings. The number of hydrogen-bond donors (Lipinski definition) is 2. The van der Waals surface area contributed by atoms with Crippen LogP contribution in [-0.2, 0) is 4.79 Å². The van der Waals surface area contributed by atoms with E-state index in [-0.39, 0.29) is 11.9 Å². The zero-order valence-electron chi connectivity index (χ0n) is 10.9.